The van der Waals surface area contributed by atoms with Gasteiger partial charge in [-0.2, -0.15) is 0 Å². The van der Waals surface area contributed by atoms with Crippen molar-refractivity contribution in [2.75, 3.05) is 13.2 Å². The van der Waals surface area contributed by atoms with Gasteiger partial charge in [-0.05, 0) is 25.5 Å². The second-order valence-corrected chi connectivity index (χ2v) is 6.08. The first-order valence-corrected chi connectivity index (χ1v) is 7.75. The number of unbranched alkanes of at least 4 members (excludes halogenated alkanes) is 2. The molecule has 2 unspecified atom stereocenters. The van der Waals surface area contributed by atoms with Gasteiger partial charge in [-0.25, -0.2) is 0 Å². The van der Waals surface area contributed by atoms with Crippen LogP contribution in [0.25, 0.3) is 0 Å². The van der Waals surface area contributed by atoms with Gasteiger partial charge in [-0.15, -0.1) is 0 Å². The third-order valence-corrected chi connectivity index (χ3v) is 4.88. The average molecular weight is 276 g/mol. The highest BCUT2D eigenvalue weighted by molar-refractivity contribution is 5.79. The number of aromatic nitrogens is 1. The summed E-state index contributed by atoms with van der Waals surface area (Å²) >= 11 is 0. The number of rotatable bonds is 4. The first-order chi connectivity index (χ1) is 9.67. The van der Waals surface area contributed by atoms with Gasteiger partial charge in [-0.3, -0.25) is 4.79 Å². The summed E-state index contributed by atoms with van der Waals surface area (Å²) in [5.74, 6) is 0.131. The van der Waals surface area contributed by atoms with Crippen molar-refractivity contribution < 1.29 is 9.53 Å². The maximum Gasteiger partial charge on any atom is 0.249 e. The first-order valence-electron chi connectivity index (χ1n) is 7.75. The minimum atomic E-state index is -0.301. The van der Waals surface area contributed by atoms with Gasteiger partial charge in [0.05, 0.1) is 6.10 Å². The van der Waals surface area contributed by atoms with Crippen LogP contribution in [0.4, 0.5) is 0 Å². The van der Waals surface area contributed by atoms with Gasteiger partial charge in [-0.1, -0.05) is 26.2 Å². The van der Waals surface area contributed by atoms with Gasteiger partial charge in [0.15, 0.2) is 0 Å². The number of amides is 1. The number of carbonyl (C=O) groups excluding carboxylic acids is 1. The zero-order valence-electron chi connectivity index (χ0n) is 12.5. The molecular weight excluding hydrogens is 252 g/mol. The molecule has 0 saturated carbocycles. The summed E-state index contributed by atoms with van der Waals surface area (Å²) in [6, 6.07) is 4.22. The van der Waals surface area contributed by atoms with E-state index in [9.17, 15) is 4.79 Å². The maximum absolute atomic E-state index is 12.2. The lowest BCUT2D eigenvalue weighted by molar-refractivity contribution is -0.177. The molecule has 0 radical (unpaired) electrons. The highest BCUT2D eigenvalue weighted by atomic mass is 16.5. The Hall–Kier alpha value is -1.29. The summed E-state index contributed by atoms with van der Waals surface area (Å²) < 4.78 is 8.20. The van der Waals surface area contributed by atoms with Gasteiger partial charge < -0.3 is 14.2 Å². The van der Waals surface area contributed by atoms with E-state index in [1.165, 1.54) is 25.0 Å². The van der Waals surface area contributed by atoms with E-state index in [4.69, 9.17) is 4.74 Å². The van der Waals surface area contributed by atoms with Crippen LogP contribution < -0.4 is 0 Å². The summed E-state index contributed by atoms with van der Waals surface area (Å²) in [7, 11) is 0. The minimum absolute atomic E-state index is 0.112. The number of fused-ring (bicyclic) bond motifs is 3. The predicted octanol–water partition coefficient (Wildman–Crippen LogP) is 2.52. The smallest absolute Gasteiger partial charge is 0.249 e. The lowest BCUT2D eigenvalue weighted by Crippen LogP contribution is -2.63. The number of morpholine rings is 1. The molecule has 1 aromatic heterocycles. The van der Waals surface area contributed by atoms with Crippen LogP contribution in [-0.2, 0) is 21.6 Å². The summed E-state index contributed by atoms with van der Waals surface area (Å²) in [5, 5.41) is 0. The van der Waals surface area contributed by atoms with E-state index in [0.29, 0.717) is 0 Å². The molecule has 0 spiro atoms. The molecule has 2 atom stereocenters. The Morgan fingerprint density at radius 2 is 2.25 bits per heavy atom. The molecule has 3 heterocycles. The van der Waals surface area contributed by atoms with Crippen LogP contribution in [0.1, 0.15) is 45.2 Å². The van der Waals surface area contributed by atoms with E-state index in [-0.39, 0.29) is 24.2 Å². The lowest BCUT2D eigenvalue weighted by atomic mass is 9.82. The zero-order valence-corrected chi connectivity index (χ0v) is 12.5. The largest absolute Gasteiger partial charge is 0.366 e. The fourth-order valence-corrected chi connectivity index (χ4v) is 3.73. The molecule has 0 aliphatic carbocycles. The molecule has 4 nitrogen and oxygen atoms in total. The van der Waals surface area contributed by atoms with Crippen LogP contribution in [-0.4, -0.2) is 34.6 Å². The number of nitrogens with zero attached hydrogens (tertiary/aromatic N) is 2. The Morgan fingerprint density at radius 3 is 3.05 bits per heavy atom. The van der Waals surface area contributed by atoms with E-state index < -0.39 is 0 Å². The fraction of sp³-hybridized carbons (Fsp3) is 0.688. The zero-order chi connectivity index (χ0) is 14.2. The summed E-state index contributed by atoms with van der Waals surface area (Å²) in [4.78, 5) is 14.3. The van der Waals surface area contributed by atoms with Crippen molar-refractivity contribution in [3.63, 3.8) is 0 Å². The van der Waals surface area contributed by atoms with Gasteiger partial charge >= 0.3 is 0 Å². The molecule has 110 valence electrons. The molecule has 20 heavy (non-hydrogen) atoms. The Morgan fingerprint density at radius 1 is 1.40 bits per heavy atom. The van der Waals surface area contributed by atoms with Crippen molar-refractivity contribution in [2.45, 2.75) is 57.7 Å². The van der Waals surface area contributed by atoms with E-state index >= 15 is 0 Å². The van der Waals surface area contributed by atoms with Crippen LogP contribution in [0.15, 0.2) is 18.3 Å². The van der Waals surface area contributed by atoms with Crippen molar-refractivity contribution in [3.05, 3.63) is 24.0 Å². The molecule has 0 bridgehead atoms. The number of carbonyl (C=O) groups is 1. The monoisotopic (exact) mass is 276 g/mol. The molecule has 1 fully saturated rings. The Kier molecular flexibility index (Phi) is 3.59. The van der Waals surface area contributed by atoms with Crippen molar-refractivity contribution in [1.29, 1.82) is 0 Å². The molecule has 3 rings (SSSR count). The molecule has 0 aromatic carbocycles. The van der Waals surface area contributed by atoms with Crippen molar-refractivity contribution in [2.24, 2.45) is 0 Å². The van der Waals surface area contributed by atoms with E-state index in [1.807, 2.05) is 4.90 Å². The Balaban J connectivity index is 1.91. The summed E-state index contributed by atoms with van der Waals surface area (Å²) in [5.41, 5.74) is 0.920. The van der Waals surface area contributed by atoms with E-state index in [2.05, 4.69) is 36.7 Å². The molecule has 4 heteroatoms. The molecular formula is C16H24N2O2. The molecule has 2 aliphatic rings. The molecule has 0 N–H and O–H groups in total. The highest BCUT2D eigenvalue weighted by Crippen LogP contribution is 2.41. The summed E-state index contributed by atoms with van der Waals surface area (Å²) in [6.07, 6.45) is 6.85. The van der Waals surface area contributed by atoms with Gasteiger partial charge in [0.2, 0.25) is 5.91 Å². The summed E-state index contributed by atoms with van der Waals surface area (Å²) in [6.45, 7) is 6.32. The van der Waals surface area contributed by atoms with Crippen molar-refractivity contribution >= 4 is 5.91 Å². The third-order valence-electron chi connectivity index (χ3n) is 4.88. The highest BCUT2D eigenvalue weighted by Gasteiger charge is 2.50. The van der Waals surface area contributed by atoms with Crippen LogP contribution in [0, 0.1) is 0 Å². The van der Waals surface area contributed by atoms with Crippen LogP contribution in [0.3, 0.4) is 0 Å². The molecule has 1 saturated heterocycles. The predicted molar refractivity (Wildman–Crippen MR) is 77.4 cm³/mol. The third kappa shape index (κ3) is 1.97. The van der Waals surface area contributed by atoms with E-state index in [1.54, 1.807) is 0 Å². The second kappa shape index (κ2) is 5.24. The topological polar surface area (TPSA) is 34.5 Å². The SMILES string of the molecule is CCCCCC1OCC(=O)N2CCn3cccc3C12C. The minimum Gasteiger partial charge on any atom is -0.366 e. The fourth-order valence-electron chi connectivity index (χ4n) is 3.73. The van der Waals surface area contributed by atoms with Gasteiger partial charge in [0.25, 0.3) is 0 Å². The van der Waals surface area contributed by atoms with Crippen molar-refractivity contribution in [1.82, 2.24) is 9.47 Å². The Labute approximate surface area is 120 Å². The first kappa shape index (κ1) is 13.7. The molecule has 1 aromatic rings. The Bertz CT molecular complexity index is 496. The van der Waals surface area contributed by atoms with Crippen LogP contribution in [0.2, 0.25) is 0 Å². The van der Waals surface area contributed by atoms with Crippen LogP contribution in [0.5, 0.6) is 0 Å². The van der Waals surface area contributed by atoms with Gasteiger partial charge in [0, 0.05) is 25.0 Å². The van der Waals surface area contributed by atoms with Gasteiger partial charge in [0.1, 0.15) is 12.1 Å². The van der Waals surface area contributed by atoms with Crippen LogP contribution >= 0.6 is 0 Å². The normalized spacial score (nSPS) is 29.2. The molecule has 2 aliphatic heterocycles. The average Bonchev–Trinajstić information content (AvgIpc) is 2.91. The molecule has 1 amide bonds. The number of hydrogen-bond donors (Lipinski definition) is 0. The quantitative estimate of drug-likeness (QED) is 0.792. The second-order valence-electron chi connectivity index (χ2n) is 6.08. The standard InChI is InChI=1S/C16H24N2O2/c1-3-4-5-8-14-16(2)13-7-6-9-17(13)10-11-18(16)15(19)12-20-14/h6-7,9,14H,3-5,8,10-12H2,1-2H3. The van der Waals surface area contributed by atoms with E-state index in [0.717, 1.165) is 19.5 Å². The van der Waals surface area contributed by atoms with Crippen molar-refractivity contribution in [3.8, 4) is 0 Å². The lowest BCUT2D eigenvalue weighted by Gasteiger charge is -2.52. The maximum atomic E-state index is 12.2. The number of hydrogen-bond acceptors (Lipinski definition) is 2. The number of ether oxygens (including phenoxy) is 1.